The van der Waals surface area contributed by atoms with Crippen LogP contribution in [0.4, 0.5) is 5.69 Å². The van der Waals surface area contributed by atoms with Gasteiger partial charge in [-0.15, -0.1) is 0 Å². The summed E-state index contributed by atoms with van der Waals surface area (Å²) < 4.78 is 28.9. The summed E-state index contributed by atoms with van der Waals surface area (Å²) in [7, 11) is -4.05. The summed E-state index contributed by atoms with van der Waals surface area (Å²) in [6.45, 7) is 5.04. The number of nitrogens with one attached hydrogen (secondary N) is 1. The zero-order valence-electron chi connectivity index (χ0n) is 18.1. The molecule has 1 heterocycles. The van der Waals surface area contributed by atoms with E-state index in [9.17, 15) is 18.0 Å². The Kier molecular flexibility index (Phi) is 7.87. The average Bonchev–Trinajstić information content (AvgIpc) is 2.71. The van der Waals surface area contributed by atoms with Crippen molar-refractivity contribution in [1.82, 2.24) is 4.57 Å². The lowest BCUT2D eigenvalue weighted by Gasteiger charge is -2.24. The number of aryl methyl sites for hydroxylation is 2. The molecular formula is C20H28N6O5S. The van der Waals surface area contributed by atoms with E-state index in [0.717, 1.165) is 23.0 Å². The molecule has 2 atom stereocenters. The third-order valence-electron chi connectivity index (χ3n) is 4.68. The molecule has 1 aromatic carbocycles. The lowest BCUT2D eigenvalue weighted by molar-refractivity contribution is -0.125. The van der Waals surface area contributed by atoms with Gasteiger partial charge >= 0.3 is 0 Å². The maximum Gasteiger partial charge on any atom is 0.275 e. The van der Waals surface area contributed by atoms with E-state index in [1.165, 1.54) is 31.2 Å². The first-order valence-electron chi connectivity index (χ1n) is 9.86. The van der Waals surface area contributed by atoms with Crippen molar-refractivity contribution < 1.29 is 18.0 Å². The van der Waals surface area contributed by atoms with Gasteiger partial charge in [0.2, 0.25) is 11.9 Å². The number of primary amides is 1. The summed E-state index contributed by atoms with van der Waals surface area (Å²) >= 11 is 0. The predicted molar refractivity (Wildman–Crippen MR) is 121 cm³/mol. The second-order valence-corrected chi connectivity index (χ2v) is 8.92. The van der Waals surface area contributed by atoms with Crippen molar-refractivity contribution in [2.45, 2.75) is 50.7 Å². The third kappa shape index (κ3) is 5.78. The number of hydrogen-bond donors (Lipinski definition) is 4. The molecule has 32 heavy (non-hydrogen) atoms. The Hall–Kier alpha value is -3.54. The Morgan fingerprint density at radius 3 is 2.31 bits per heavy atom. The van der Waals surface area contributed by atoms with Gasteiger partial charge < -0.3 is 22.0 Å². The number of amides is 1. The largest absolute Gasteiger partial charge is 0.387 e. The summed E-state index contributed by atoms with van der Waals surface area (Å²) in [6, 6.07) is 7.87. The Morgan fingerprint density at radius 1 is 1.16 bits per heavy atom. The van der Waals surface area contributed by atoms with Gasteiger partial charge in [-0.25, -0.2) is 8.42 Å². The Labute approximate surface area is 186 Å². The van der Waals surface area contributed by atoms with Gasteiger partial charge in [-0.3, -0.25) is 18.9 Å². The van der Waals surface area contributed by atoms with Crippen LogP contribution in [0.5, 0.6) is 0 Å². The molecule has 0 radical (unpaired) electrons. The van der Waals surface area contributed by atoms with Crippen molar-refractivity contribution in [3.8, 4) is 0 Å². The first kappa shape index (κ1) is 24.7. The number of carbonyl (C=O) groups excluding carboxylic acids is 1. The third-order valence-corrected chi connectivity index (χ3v) is 6.06. The normalized spacial score (nSPS) is 13.1. The first-order valence-corrected chi connectivity index (χ1v) is 11.3. The van der Waals surface area contributed by atoms with Crippen LogP contribution in [-0.2, 0) is 26.1 Å². The lowest BCUT2D eigenvalue weighted by Crippen LogP contribution is -2.42. The second-order valence-electron chi connectivity index (χ2n) is 7.24. The lowest BCUT2D eigenvalue weighted by atomic mass is 10.1. The Balaban J connectivity index is 2.45. The molecule has 1 amide bonds. The quantitative estimate of drug-likeness (QED) is 0.224. The van der Waals surface area contributed by atoms with Crippen LogP contribution >= 0.6 is 0 Å². The van der Waals surface area contributed by atoms with E-state index in [1.54, 1.807) is 19.1 Å². The van der Waals surface area contributed by atoms with E-state index >= 15 is 0 Å². The average molecular weight is 465 g/mol. The second kappa shape index (κ2) is 10.2. The number of aromatic nitrogens is 1. The minimum atomic E-state index is -4.05. The zero-order chi connectivity index (χ0) is 24.1. The monoisotopic (exact) mass is 464 g/mol. The van der Waals surface area contributed by atoms with Gasteiger partial charge in [0.05, 0.1) is 4.90 Å². The number of anilines is 1. The summed E-state index contributed by atoms with van der Waals surface area (Å²) in [5, 5.41) is 3.39. The van der Waals surface area contributed by atoms with Crippen molar-refractivity contribution in [2.24, 2.45) is 22.4 Å². The number of oxime groups is 1. The van der Waals surface area contributed by atoms with E-state index in [4.69, 9.17) is 22.0 Å². The van der Waals surface area contributed by atoms with Crippen molar-refractivity contribution in [1.29, 1.82) is 0 Å². The van der Waals surface area contributed by atoms with E-state index in [-0.39, 0.29) is 16.5 Å². The number of pyridine rings is 1. The fraction of sp³-hybridized carbons (Fsp3) is 0.350. The highest BCUT2D eigenvalue weighted by Gasteiger charge is 2.30. The molecule has 11 nitrogen and oxygen atoms in total. The van der Waals surface area contributed by atoms with Crippen LogP contribution in [0.1, 0.15) is 37.6 Å². The molecule has 0 fully saturated rings. The smallest absolute Gasteiger partial charge is 0.275 e. The van der Waals surface area contributed by atoms with Crippen LogP contribution in [0, 0.1) is 6.92 Å². The predicted octanol–water partition coefficient (Wildman–Crippen LogP) is 0.530. The number of nitrogens with zero attached hydrogens (tertiary/aromatic N) is 2. The summed E-state index contributed by atoms with van der Waals surface area (Å²) in [4.78, 5) is 30.3. The number of nitrogens with two attached hydrogens (primary N) is 3. The molecule has 174 valence electrons. The minimum absolute atomic E-state index is 0.000195. The maximum absolute atomic E-state index is 13.1. The molecule has 0 saturated carbocycles. The van der Waals surface area contributed by atoms with E-state index < -0.39 is 33.6 Å². The molecule has 0 aliphatic carbocycles. The van der Waals surface area contributed by atoms with E-state index in [1.807, 2.05) is 6.92 Å². The van der Waals surface area contributed by atoms with Crippen LogP contribution in [0.25, 0.3) is 0 Å². The standard InChI is InChI=1S/C20H28N6O5S/c1-4-5-14-7-9-15(10-8-14)32(29,30)25-16-11-6-12(2)26(19(16)28)17(18(21)27)13(3)31-24-20(22)23/h6-11,13,17,25H,4-5H2,1-3H3,(H2,21,27)(H4,22,23,24). The first-order chi connectivity index (χ1) is 15.0. The van der Waals surface area contributed by atoms with Gasteiger partial charge in [0, 0.05) is 5.69 Å². The van der Waals surface area contributed by atoms with Crippen LogP contribution in [0.15, 0.2) is 51.2 Å². The van der Waals surface area contributed by atoms with Crippen molar-refractivity contribution >= 4 is 27.6 Å². The summed E-state index contributed by atoms with van der Waals surface area (Å²) in [5.41, 5.74) is 16.3. The highest BCUT2D eigenvalue weighted by molar-refractivity contribution is 7.92. The van der Waals surface area contributed by atoms with Gasteiger partial charge in [0.1, 0.15) is 5.69 Å². The fourth-order valence-electron chi connectivity index (χ4n) is 3.17. The van der Waals surface area contributed by atoms with Gasteiger partial charge in [-0.05, 0) is 55.3 Å². The molecule has 0 bridgehead atoms. The van der Waals surface area contributed by atoms with Crippen LogP contribution in [0.2, 0.25) is 0 Å². The molecule has 12 heteroatoms. The van der Waals surface area contributed by atoms with Gasteiger partial charge in [0.25, 0.3) is 15.6 Å². The maximum atomic E-state index is 13.1. The number of sulfonamides is 1. The molecule has 1 aromatic heterocycles. The molecule has 0 aliphatic heterocycles. The molecular weight excluding hydrogens is 436 g/mol. The summed E-state index contributed by atoms with van der Waals surface area (Å²) in [5.74, 6) is -1.27. The Morgan fingerprint density at radius 2 is 1.78 bits per heavy atom. The SMILES string of the molecule is CCCc1ccc(S(=O)(=O)Nc2ccc(C)n(C(C(N)=O)C(C)ON=C(N)N)c2=O)cc1. The fourth-order valence-corrected chi connectivity index (χ4v) is 4.22. The van der Waals surface area contributed by atoms with E-state index in [0.29, 0.717) is 5.69 Å². The highest BCUT2D eigenvalue weighted by atomic mass is 32.2. The molecule has 0 saturated heterocycles. The summed E-state index contributed by atoms with van der Waals surface area (Å²) in [6.07, 6.45) is 0.731. The number of rotatable bonds is 10. The van der Waals surface area contributed by atoms with Gasteiger partial charge in [0.15, 0.2) is 12.1 Å². The van der Waals surface area contributed by atoms with Gasteiger partial charge in [-0.2, -0.15) is 0 Å². The highest BCUT2D eigenvalue weighted by Crippen LogP contribution is 2.19. The number of benzene rings is 1. The topological polar surface area (TPSA) is 185 Å². The molecule has 0 spiro atoms. The van der Waals surface area contributed by atoms with Crippen LogP contribution in [0.3, 0.4) is 0 Å². The van der Waals surface area contributed by atoms with Gasteiger partial charge in [-0.1, -0.05) is 25.5 Å². The number of hydrogen-bond acceptors (Lipinski definition) is 6. The van der Waals surface area contributed by atoms with Crippen molar-refractivity contribution in [2.75, 3.05) is 4.72 Å². The van der Waals surface area contributed by atoms with Crippen LogP contribution < -0.4 is 27.5 Å². The number of carbonyl (C=O) groups is 1. The van der Waals surface area contributed by atoms with Crippen LogP contribution in [-0.4, -0.2) is 31.0 Å². The van der Waals surface area contributed by atoms with Crippen molar-refractivity contribution in [3.63, 3.8) is 0 Å². The van der Waals surface area contributed by atoms with Crippen molar-refractivity contribution in [3.05, 3.63) is 58.0 Å². The molecule has 2 rings (SSSR count). The zero-order valence-corrected chi connectivity index (χ0v) is 18.9. The number of guanidine groups is 1. The molecule has 7 N–H and O–H groups in total. The Bertz CT molecular complexity index is 1150. The molecule has 2 aromatic rings. The minimum Gasteiger partial charge on any atom is -0.387 e. The molecule has 0 aliphatic rings. The molecule has 2 unspecified atom stereocenters. The van der Waals surface area contributed by atoms with E-state index in [2.05, 4.69) is 9.88 Å².